The van der Waals surface area contributed by atoms with Crippen LogP contribution in [0.15, 0.2) is 29.3 Å². The Hall–Kier alpha value is -1.28. The fourth-order valence-electron chi connectivity index (χ4n) is 4.49. The van der Waals surface area contributed by atoms with E-state index in [9.17, 15) is 5.11 Å². The van der Waals surface area contributed by atoms with Gasteiger partial charge in [0.15, 0.2) is 0 Å². The highest BCUT2D eigenvalue weighted by atomic mass is 16.5. The van der Waals surface area contributed by atoms with Gasteiger partial charge < -0.3 is 9.84 Å². The minimum absolute atomic E-state index is 0.141. The van der Waals surface area contributed by atoms with Crippen molar-refractivity contribution < 1.29 is 9.84 Å². The van der Waals surface area contributed by atoms with Crippen LogP contribution in [0.25, 0.3) is 0 Å². The zero-order valence-electron chi connectivity index (χ0n) is 14.1. The fraction of sp³-hybridized carbons (Fsp3) is 0.600. The molecule has 1 aromatic rings. The second-order valence-corrected chi connectivity index (χ2v) is 7.37. The van der Waals surface area contributed by atoms with Crippen LogP contribution in [0.3, 0.4) is 0 Å². The van der Waals surface area contributed by atoms with Gasteiger partial charge in [-0.05, 0) is 80.5 Å². The maximum absolute atomic E-state index is 10.2. The van der Waals surface area contributed by atoms with Gasteiger partial charge in [-0.1, -0.05) is 24.1 Å². The molecule has 0 spiro atoms. The first-order valence-electron chi connectivity index (χ1n) is 8.55. The number of aryl methyl sites for hydroxylation is 2. The van der Waals surface area contributed by atoms with Gasteiger partial charge in [0.25, 0.3) is 0 Å². The minimum Gasteiger partial charge on any atom is -0.497 e. The van der Waals surface area contributed by atoms with Crippen LogP contribution in [-0.2, 0) is 12.8 Å². The van der Waals surface area contributed by atoms with Crippen molar-refractivity contribution in [1.29, 1.82) is 0 Å². The molecule has 0 aliphatic heterocycles. The van der Waals surface area contributed by atoms with E-state index in [0.29, 0.717) is 0 Å². The number of allylic oxidation sites excluding steroid dienone is 1. The molecule has 1 N–H and O–H groups in total. The molecule has 0 amide bonds. The maximum Gasteiger partial charge on any atom is 0.119 e. The van der Waals surface area contributed by atoms with Gasteiger partial charge in [0.2, 0.25) is 0 Å². The Labute approximate surface area is 134 Å². The number of hydrogen-bond donors (Lipinski definition) is 1. The number of benzene rings is 1. The van der Waals surface area contributed by atoms with Crippen molar-refractivity contribution in [2.45, 2.75) is 64.9 Å². The SMILES string of the molecule is COc1ccc2c(c1)CC/C(C)=C1\C[C@H](O)C[C@]1(C)CCC2. The first-order valence-corrected chi connectivity index (χ1v) is 8.55. The van der Waals surface area contributed by atoms with E-state index in [1.54, 1.807) is 7.11 Å². The highest BCUT2D eigenvalue weighted by molar-refractivity contribution is 5.37. The predicted octanol–water partition coefficient (Wildman–Crippen LogP) is 4.44. The molecule has 0 saturated heterocycles. The van der Waals surface area contributed by atoms with Crippen LogP contribution in [0, 0.1) is 5.41 Å². The number of rotatable bonds is 1. The number of hydrogen-bond acceptors (Lipinski definition) is 2. The lowest BCUT2D eigenvalue weighted by molar-refractivity contribution is 0.160. The Balaban J connectivity index is 1.92. The average Bonchev–Trinajstić information content (AvgIpc) is 2.80. The van der Waals surface area contributed by atoms with Crippen molar-refractivity contribution in [3.63, 3.8) is 0 Å². The molecule has 3 rings (SSSR count). The molecule has 120 valence electrons. The van der Waals surface area contributed by atoms with Crippen molar-refractivity contribution in [2.75, 3.05) is 7.11 Å². The van der Waals surface area contributed by atoms with E-state index in [4.69, 9.17) is 4.74 Å². The second-order valence-electron chi connectivity index (χ2n) is 7.37. The van der Waals surface area contributed by atoms with Crippen LogP contribution in [0.2, 0.25) is 0 Å². The van der Waals surface area contributed by atoms with E-state index in [1.165, 1.54) is 35.1 Å². The molecule has 2 heteroatoms. The van der Waals surface area contributed by atoms with Gasteiger partial charge in [0, 0.05) is 0 Å². The van der Waals surface area contributed by atoms with Crippen molar-refractivity contribution in [3.05, 3.63) is 40.5 Å². The van der Waals surface area contributed by atoms with Gasteiger partial charge in [0.1, 0.15) is 5.75 Å². The largest absolute Gasteiger partial charge is 0.497 e. The van der Waals surface area contributed by atoms with Crippen molar-refractivity contribution in [1.82, 2.24) is 0 Å². The second kappa shape index (κ2) is 6.08. The van der Waals surface area contributed by atoms with Crippen LogP contribution in [0.1, 0.15) is 57.1 Å². The molecule has 2 aliphatic carbocycles. The molecule has 1 saturated carbocycles. The third-order valence-electron chi connectivity index (χ3n) is 5.73. The fourth-order valence-corrected chi connectivity index (χ4v) is 4.49. The van der Waals surface area contributed by atoms with Gasteiger partial charge in [-0.3, -0.25) is 0 Å². The summed E-state index contributed by atoms with van der Waals surface area (Å²) in [6.45, 7) is 4.63. The van der Waals surface area contributed by atoms with Gasteiger partial charge in [-0.25, -0.2) is 0 Å². The minimum atomic E-state index is -0.141. The number of aliphatic hydroxyl groups excluding tert-OH is 1. The monoisotopic (exact) mass is 300 g/mol. The van der Waals surface area contributed by atoms with Gasteiger partial charge >= 0.3 is 0 Å². The molecule has 0 aromatic heterocycles. The topological polar surface area (TPSA) is 29.5 Å². The Kier molecular flexibility index (Phi) is 4.31. The van der Waals surface area contributed by atoms with E-state index < -0.39 is 0 Å². The Morgan fingerprint density at radius 3 is 2.77 bits per heavy atom. The van der Waals surface area contributed by atoms with E-state index in [2.05, 4.69) is 32.0 Å². The predicted molar refractivity (Wildman–Crippen MR) is 90.3 cm³/mol. The molecule has 1 aromatic carbocycles. The van der Waals surface area contributed by atoms with E-state index in [-0.39, 0.29) is 11.5 Å². The van der Waals surface area contributed by atoms with Crippen molar-refractivity contribution in [2.24, 2.45) is 5.41 Å². The molecule has 0 bridgehead atoms. The van der Waals surface area contributed by atoms with Gasteiger partial charge in [-0.15, -0.1) is 0 Å². The summed E-state index contributed by atoms with van der Waals surface area (Å²) in [6.07, 6.45) is 7.37. The number of fused-ring (bicyclic) bond motifs is 2. The molecule has 1 fully saturated rings. The van der Waals surface area contributed by atoms with Crippen molar-refractivity contribution >= 4 is 0 Å². The summed E-state index contributed by atoms with van der Waals surface area (Å²) in [4.78, 5) is 0. The average molecular weight is 300 g/mol. The molecular formula is C20H28O2. The third-order valence-corrected chi connectivity index (χ3v) is 5.73. The molecule has 2 atom stereocenters. The zero-order chi connectivity index (χ0) is 15.7. The Morgan fingerprint density at radius 1 is 1.18 bits per heavy atom. The van der Waals surface area contributed by atoms with Crippen LogP contribution >= 0.6 is 0 Å². The summed E-state index contributed by atoms with van der Waals surface area (Å²) < 4.78 is 5.39. The van der Waals surface area contributed by atoms with Crippen LogP contribution in [0.4, 0.5) is 0 Å². The lowest BCUT2D eigenvalue weighted by Crippen LogP contribution is -2.17. The van der Waals surface area contributed by atoms with Crippen LogP contribution < -0.4 is 4.74 Å². The normalized spacial score (nSPS) is 32.3. The Bertz CT molecular complexity index is 587. The molecule has 22 heavy (non-hydrogen) atoms. The van der Waals surface area contributed by atoms with E-state index in [0.717, 1.165) is 37.9 Å². The third kappa shape index (κ3) is 2.94. The van der Waals surface area contributed by atoms with Crippen molar-refractivity contribution in [3.8, 4) is 5.75 Å². The molecule has 0 unspecified atom stereocenters. The number of aliphatic hydroxyl groups is 1. The molecule has 2 nitrogen and oxygen atoms in total. The lowest BCUT2D eigenvalue weighted by atomic mass is 9.76. The smallest absolute Gasteiger partial charge is 0.119 e. The lowest BCUT2D eigenvalue weighted by Gasteiger charge is -2.29. The summed E-state index contributed by atoms with van der Waals surface area (Å²) in [5.74, 6) is 0.960. The molecule has 0 radical (unpaired) electrons. The summed E-state index contributed by atoms with van der Waals surface area (Å²) in [5, 5.41) is 10.2. The number of ether oxygens (including phenoxy) is 1. The maximum atomic E-state index is 10.2. The number of methoxy groups -OCH3 is 1. The summed E-state index contributed by atoms with van der Waals surface area (Å²) in [7, 11) is 1.74. The molecular weight excluding hydrogens is 272 g/mol. The zero-order valence-corrected chi connectivity index (χ0v) is 14.1. The first-order chi connectivity index (χ1) is 10.5. The first kappa shape index (κ1) is 15.6. The standard InChI is InChI=1S/C20H28O2/c1-14-6-7-16-11-18(22-3)9-8-15(16)5-4-10-20(2)13-17(21)12-19(14)20/h8-9,11,17,21H,4-7,10,12-13H2,1-3H3/b19-14+/t17-,20-/m0/s1. The summed E-state index contributed by atoms with van der Waals surface area (Å²) >= 11 is 0. The quantitative estimate of drug-likeness (QED) is 0.777. The Morgan fingerprint density at radius 2 is 2.00 bits per heavy atom. The van der Waals surface area contributed by atoms with Gasteiger partial charge in [-0.2, -0.15) is 0 Å². The molecule has 2 aliphatic rings. The van der Waals surface area contributed by atoms with E-state index in [1.807, 2.05) is 0 Å². The van der Waals surface area contributed by atoms with Gasteiger partial charge in [0.05, 0.1) is 13.2 Å². The summed E-state index contributed by atoms with van der Waals surface area (Å²) in [6, 6.07) is 6.53. The highest BCUT2D eigenvalue weighted by Crippen LogP contribution is 2.48. The highest BCUT2D eigenvalue weighted by Gasteiger charge is 2.39. The van der Waals surface area contributed by atoms with Crippen LogP contribution in [-0.4, -0.2) is 18.3 Å². The van der Waals surface area contributed by atoms with E-state index >= 15 is 0 Å². The van der Waals surface area contributed by atoms with Crippen LogP contribution in [0.5, 0.6) is 5.75 Å². The summed E-state index contributed by atoms with van der Waals surface area (Å²) in [5.41, 5.74) is 6.15. The molecule has 0 heterocycles.